The molecule has 5 heteroatoms. The molecule has 0 saturated heterocycles. The van der Waals surface area contributed by atoms with Gasteiger partial charge in [0.25, 0.3) is 0 Å². The molecular weight excluding hydrogens is 242 g/mol. The maximum atomic E-state index is 5.67. The van der Waals surface area contributed by atoms with Gasteiger partial charge in [-0.1, -0.05) is 6.07 Å². The minimum atomic E-state index is 0.380. The third kappa shape index (κ3) is 3.86. The number of anilines is 1. The van der Waals surface area contributed by atoms with Crippen molar-refractivity contribution in [1.29, 1.82) is 0 Å². The van der Waals surface area contributed by atoms with Crippen molar-refractivity contribution in [2.75, 3.05) is 12.0 Å². The molecular formula is C14H17N3O2. The Morgan fingerprint density at radius 2 is 1.95 bits per heavy atom. The van der Waals surface area contributed by atoms with Crippen LogP contribution in [0, 0.1) is 0 Å². The Morgan fingerprint density at radius 3 is 2.68 bits per heavy atom. The van der Waals surface area contributed by atoms with E-state index in [1.165, 1.54) is 0 Å². The zero-order valence-corrected chi connectivity index (χ0v) is 10.8. The standard InChI is InChI=1S/C14H17N3O2/c1-2-18-13-4-3-5-14(9-13)19-10-12-8-11(17-15)6-7-16-12/h3-9H,2,10,15H2,1H3,(H,16,17). The zero-order valence-electron chi connectivity index (χ0n) is 10.8. The van der Waals surface area contributed by atoms with Crippen molar-refractivity contribution in [3.8, 4) is 11.5 Å². The Bertz CT molecular complexity index is 532. The zero-order chi connectivity index (χ0) is 13.5. The summed E-state index contributed by atoms with van der Waals surface area (Å²) in [6.45, 7) is 2.96. The van der Waals surface area contributed by atoms with E-state index < -0.39 is 0 Å². The quantitative estimate of drug-likeness (QED) is 0.615. The van der Waals surface area contributed by atoms with Crippen molar-refractivity contribution in [3.63, 3.8) is 0 Å². The number of nitrogens with two attached hydrogens (primary N) is 1. The largest absolute Gasteiger partial charge is 0.494 e. The Labute approximate surface area is 112 Å². The minimum absolute atomic E-state index is 0.380. The number of hydrazine groups is 1. The van der Waals surface area contributed by atoms with Gasteiger partial charge in [0, 0.05) is 12.3 Å². The Kier molecular flexibility index (Phi) is 4.58. The van der Waals surface area contributed by atoms with E-state index in [9.17, 15) is 0 Å². The first-order valence-corrected chi connectivity index (χ1v) is 6.09. The summed E-state index contributed by atoms with van der Waals surface area (Å²) in [7, 11) is 0. The summed E-state index contributed by atoms with van der Waals surface area (Å²) >= 11 is 0. The first-order valence-electron chi connectivity index (χ1n) is 6.09. The van der Waals surface area contributed by atoms with Crippen molar-refractivity contribution in [3.05, 3.63) is 48.3 Å². The third-order valence-corrected chi connectivity index (χ3v) is 2.49. The minimum Gasteiger partial charge on any atom is -0.494 e. The highest BCUT2D eigenvalue weighted by Gasteiger charge is 2.00. The molecule has 0 amide bonds. The fourth-order valence-electron chi connectivity index (χ4n) is 1.62. The van der Waals surface area contributed by atoms with Crippen LogP contribution in [-0.2, 0) is 6.61 Å². The summed E-state index contributed by atoms with van der Waals surface area (Å²) in [4.78, 5) is 4.21. The fourth-order valence-corrected chi connectivity index (χ4v) is 1.62. The molecule has 2 rings (SSSR count). The lowest BCUT2D eigenvalue weighted by Gasteiger charge is -2.09. The predicted molar refractivity (Wildman–Crippen MR) is 74.0 cm³/mol. The van der Waals surface area contributed by atoms with E-state index in [0.29, 0.717) is 13.2 Å². The molecule has 1 aromatic carbocycles. The maximum Gasteiger partial charge on any atom is 0.130 e. The average Bonchev–Trinajstić information content (AvgIpc) is 2.46. The second-order valence-corrected chi connectivity index (χ2v) is 3.88. The topological polar surface area (TPSA) is 69.4 Å². The number of nitrogens with one attached hydrogen (secondary N) is 1. The first-order chi connectivity index (χ1) is 9.31. The molecule has 0 spiro atoms. The van der Waals surface area contributed by atoms with Crippen LogP contribution < -0.4 is 20.7 Å². The molecule has 5 nitrogen and oxygen atoms in total. The third-order valence-electron chi connectivity index (χ3n) is 2.49. The van der Waals surface area contributed by atoms with Crippen LogP contribution in [0.2, 0.25) is 0 Å². The first kappa shape index (κ1) is 13.2. The number of hydrogen-bond donors (Lipinski definition) is 2. The van der Waals surface area contributed by atoms with Crippen LogP contribution >= 0.6 is 0 Å². The van der Waals surface area contributed by atoms with Crippen LogP contribution in [-0.4, -0.2) is 11.6 Å². The molecule has 0 fully saturated rings. The van der Waals surface area contributed by atoms with Crippen LogP contribution in [0.25, 0.3) is 0 Å². The number of rotatable bonds is 6. The molecule has 2 aromatic rings. The SMILES string of the molecule is CCOc1cccc(OCc2cc(NN)ccn2)c1. The van der Waals surface area contributed by atoms with E-state index in [1.807, 2.05) is 37.3 Å². The molecule has 1 aromatic heterocycles. The van der Waals surface area contributed by atoms with Gasteiger partial charge in [-0.3, -0.25) is 10.8 Å². The Morgan fingerprint density at radius 1 is 1.16 bits per heavy atom. The summed E-state index contributed by atoms with van der Waals surface area (Å²) < 4.78 is 11.1. The van der Waals surface area contributed by atoms with E-state index in [2.05, 4.69) is 10.4 Å². The van der Waals surface area contributed by atoms with Crippen LogP contribution in [0.5, 0.6) is 11.5 Å². The highest BCUT2D eigenvalue weighted by Crippen LogP contribution is 2.20. The Hall–Kier alpha value is -2.27. The maximum absolute atomic E-state index is 5.67. The monoisotopic (exact) mass is 259 g/mol. The summed E-state index contributed by atoms with van der Waals surface area (Å²) in [5.41, 5.74) is 4.18. The lowest BCUT2D eigenvalue weighted by molar-refractivity contribution is 0.295. The number of nitrogen functional groups attached to an aromatic ring is 1. The predicted octanol–water partition coefficient (Wildman–Crippen LogP) is 2.34. The molecule has 3 N–H and O–H groups in total. The molecule has 0 radical (unpaired) electrons. The van der Waals surface area contributed by atoms with E-state index in [4.69, 9.17) is 15.3 Å². The highest BCUT2D eigenvalue weighted by molar-refractivity contribution is 5.41. The molecule has 0 saturated carbocycles. The molecule has 1 heterocycles. The number of ether oxygens (including phenoxy) is 2. The molecule has 0 unspecified atom stereocenters. The molecule has 0 aliphatic heterocycles. The van der Waals surface area contributed by atoms with Crippen molar-refractivity contribution >= 4 is 5.69 Å². The van der Waals surface area contributed by atoms with E-state index in [-0.39, 0.29) is 0 Å². The second-order valence-electron chi connectivity index (χ2n) is 3.88. The van der Waals surface area contributed by atoms with Gasteiger partial charge in [-0.25, -0.2) is 0 Å². The Balaban J connectivity index is 1.99. The summed E-state index contributed by atoms with van der Waals surface area (Å²) in [5.74, 6) is 6.89. The van der Waals surface area contributed by atoms with E-state index in [0.717, 1.165) is 22.9 Å². The van der Waals surface area contributed by atoms with Crippen molar-refractivity contribution in [2.24, 2.45) is 5.84 Å². The number of benzene rings is 1. The van der Waals surface area contributed by atoms with Gasteiger partial charge in [-0.2, -0.15) is 0 Å². The fraction of sp³-hybridized carbons (Fsp3) is 0.214. The van der Waals surface area contributed by atoms with Gasteiger partial charge in [0.2, 0.25) is 0 Å². The smallest absolute Gasteiger partial charge is 0.130 e. The molecule has 0 bridgehead atoms. The molecule has 0 aliphatic rings. The summed E-state index contributed by atoms with van der Waals surface area (Å²) in [6, 6.07) is 11.2. The van der Waals surface area contributed by atoms with Crippen molar-refractivity contribution < 1.29 is 9.47 Å². The second kappa shape index (κ2) is 6.61. The summed E-state index contributed by atoms with van der Waals surface area (Å²) in [5, 5.41) is 0. The number of nitrogens with zero attached hydrogens (tertiary/aromatic N) is 1. The molecule has 19 heavy (non-hydrogen) atoms. The highest BCUT2D eigenvalue weighted by atomic mass is 16.5. The lowest BCUT2D eigenvalue weighted by Crippen LogP contribution is -2.08. The van der Waals surface area contributed by atoms with Crippen LogP contribution in [0.4, 0.5) is 5.69 Å². The average molecular weight is 259 g/mol. The van der Waals surface area contributed by atoms with Crippen LogP contribution in [0.15, 0.2) is 42.6 Å². The number of aromatic nitrogens is 1. The summed E-state index contributed by atoms with van der Waals surface area (Å²) in [6.07, 6.45) is 1.69. The van der Waals surface area contributed by atoms with Crippen LogP contribution in [0.1, 0.15) is 12.6 Å². The number of pyridine rings is 1. The van der Waals surface area contributed by atoms with Gasteiger partial charge in [0.05, 0.1) is 18.0 Å². The van der Waals surface area contributed by atoms with Gasteiger partial charge in [0.1, 0.15) is 18.1 Å². The van der Waals surface area contributed by atoms with Gasteiger partial charge in [-0.15, -0.1) is 0 Å². The van der Waals surface area contributed by atoms with Crippen molar-refractivity contribution in [2.45, 2.75) is 13.5 Å². The van der Waals surface area contributed by atoms with Crippen LogP contribution in [0.3, 0.4) is 0 Å². The van der Waals surface area contributed by atoms with Gasteiger partial charge >= 0.3 is 0 Å². The molecule has 0 aliphatic carbocycles. The van der Waals surface area contributed by atoms with Crippen molar-refractivity contribution in [1.82, 2.24) is 4.98 Å². The van der Waals surface area contributed by atoms with E-state index in [1.54, 1.807) is 12.3 Å². The molecule has 0 atom stereocenters. The van der Waals surface area contributed by atoms with Gasteiger partial charge < -0.3 is 14.9 Å². The van der Waals surface area contributed by atoms with Gasteiger partial charge in [-0.05, 0) is 31.2 Å². The van der Waals surface area contributed by atoms with E-state index >= 15 is 0 Å². The lowest BCUT2D eigenvalue weighted by atomic mass is 10.3. The normalized spacial score (nSPS) is 10.0. The molecule has 100 valence electrons. The number of hydrogen-bond acceptors (Lipinski definition) is 5. The van der Waals surface area contributed by atoms with Gasteiger partial charge in [0.15, 0.2) is 0 Å².